The Kier molecular flexibility index (Phi) is 5.31. The highest BCUT2D eigenvalue weighted by molar-refractivity contribution is 7.07. The van der Waals surface area contributed by atoms with Gasteiger partial charge < -0.3 is 10.4 Å². The summed E-state index contributed by atoms with van der Waals surface area (Å²) in [6.07, 6.45) is 0.413. The molecule has 2 N–H and O–H groups in total. The average molecular weight is 286 g/mol. The first-order chi connectivity index (χ1) is 9.69. The molecule has 3 nitrogen and oxygen atoms in total. The first-order valence-electron chi connectivity index (χ1n) is 6.61. The van der Waals surface area contributed by atoms with E-state index in [0.29, 0.717) is 18.2 Å². The van der Waals surface area contributed by atoms with Crippen LogP contribution in [0.1, 0.15) is 29.7 Å². The lowest BCUT2D eigenvalue weighted by Crippen LogP contribution is -2.31. The molecule has 2 aromatic rings. The Balaban J connectivity index is 1.82. The number of hydrogen-bond acceptors (Lipinski definition) is 4. The molecule has 2 atom stereocenters. The van der Waals surface area contributed by atoms with E-state index in [1.165, 1.54) is 5.56 Å². The van der Waals surface area contributed by atoms with Crippen molar-refractivity contribution in [2.45, 2.75) is 25.5 Å². The van der Waals surface area contributed by atoms with Crippen LogP contribution in [0.5, 0.6) is 0 Å². The second-order valence-electron chi connectivity index (χ2n) is 4.89. The van der Waals surface area contributed by atoms with Crippen LogP contribution in [0.25, 0.3) is 0 Å². The Morgan fingerprint density at radius 1 is 1.30 bits per heavy atom. The lowest BCUT2D eigenvalue weighted by atomic mass is 10.1. The van der Waals surface area contributed by atoms with E-state index < -0.39 is 6.10 Å². The summed E-state index contributed by atoms with van der Waals surface area (Å²) in [4.78, 5) is 0. The van der Waals surface area contributed by atoms with Gasteiger partial charge in [0, 0.05) is 12.6 Å². The molecule has 0 bridgehead atoms. The highest BCUT2D eigenvalue weighted by Gasteiger charge is 2.10. The molecule has 0 amide bonds. The smallest absolute Gasteiger partial charge is 0.0991 e. The lowest BCUT2D eigenvalue weighted by Gasteiger charge is -2.17. The fraction of sp³-hybridized carbons (Fsp3) is 0.312. The normalized spacial score (nSPS) is 13.7. The monoisotopic (exact) mass is 286 g/mol. The molecule has 0 saturated carbocycles. The molecular formula is C16H18N2OS. The van der Waals surface area contributed by atoms with Crippen molar-refractivity contribution in [3.05, 3.63) is 57.8 Å². The Bertz CT molecular complexity index is 557. The molecular weight excluding hydrogens is 268 g/mol. The van der Waals surface area contributed by atoms with Crippen LogP contribution in [-0.2, 0) is 6.42 Å². The molecule has 1 heterocycles. The highest BCUT2D eigenvalue weighted by Crippen LogP contribution is 2.14. The third kappa shape index (κ3) is 4.17. The summed E-state index contributed by atoms with van der Waals surface area (Å²) in [5, 5.41) is 26.4. The van der Waals surface area contributed by atoms with E-state index in [2.05, 4.69) is 35.1 Å². The van der Waals surface area contributed by atoms with Gasteiger partial charge in [0.05, 0.1) is 17.7 Å². The van der Waals surface area contributed by atoms with E-state index in [0.717, 1.165) is 12.0 Å². The maximum atomic E-state index is 10.1. The minimum Gasteiger partial charge on any atom is -0.387 e. The summed E-state index contributed by atoms with van der Waals surface area (Å²) < 4.78 is 0. The van der Waals surface area contributed by atoms with Gasteiger partial charge in [0.2, 0.25) is 0 Å². The van der Waals surface area contributed by atoms with Crippen LogP contribution in [0, 0.1) is 11.3 Å². The lowest BCUT2D eigenvalue weighted by molar-refractivity contribution is 0.170. The number of aliphatic hydroxyl groups excluding tert-OH is 1. The summed E-state index contributed by atoms with van der Waals surface area (Å²) >= 11 is 1.70. The molecule has 0 saturated heterocycles. The van der Waals surface area contributed by atoms with E-state index in [-0.39, 0.29) is 0 Å². The van der Waals surface area contributed by atoms with Crippen LogP contribution < -0.4 is 5.32 Å². The molecule has 0 radical (unpaired) electrons. The van der Waals surface area contributed by atoms with E-state index >= 15 is 0 Å². The van der Waals surface area contributed by atoms with Gasteiger partial charge in [-0.15, -0.1) is 0 Å². The van der Waals surface area contributed by atoms with Crippen molar-refractivity contribution in [1.82, 2.24) is 5.32 Å². The van der Waals surface area contributed by atoms with E-state index in [1.807, 2.05) is 0 Å². The predicted octanol–water partition coefficient (Wildman–Crippen LogP) is 2.87. The number of nitrogens with one attached hydrogen (secondary N) is 1. The topological polar surface area (TPSA) is 56.0 Å². The number of nitriles is 1. The third-order valence-electron chi connectivity index (χ3n) is 3.21. The zero-order valence-corrected chi connectivity index (χ0v) is 12.2. The number of rotatable bonds is 6. The number of hydrogen-bond donors (Lipinski definition) is 2. The first-order valence-corrected chi connectivity index (χ1v) is 7.56. The molecule has 2 rings (SSSR count). The second-order valence-corrected chi connectivity index (χ2v) is 5.67. The first kappa shape index (κ1) is 14.7. The van der Waals surface area contributed by atoms with Gasteiger partial charge in [-0.2, -0.15) is 16.6 Å². The Morgan fingerprint density at radius 2 is 2.05 bits per heavy atom. The van der Waals surface area contributed by atoms with Gasteiger partial charge in [-0.3, -0.25) is 0 Å². The Morgan fingerprint density at radius 3 is 2.65 bits per heavy atom. The van der Waals surface area contributed by atoms with Gasteiger partial charge in [0.15, 0.2) is 0 Å². The summed E-state index contributed by atoms with van der Waals surface area (Å²) in [6, 6.07) is 11.6. The Labute approximate surface area is 123 Å². The molecule has 20 heavy (non-hydrogen) atoms. The van der Waals surface area contributed by atoms with Crippen LogP contribution in [0.4, 0.5) is 0 Å². The van der Waals surface area contributed by atoms with Crippen LogP contribution in [0.15, 0.2) is 41.1 Å². The maximum Gasteiger partial charge on any atom is 0.0991 e. The van der Waals surface area contributed by atoms with Crippen molar-refractivity contribution < 1.29 is 5.11 Å². The molecule has 0 spiro atoms. The Hall–Kier alpha value is -1.67. The molecule has 4 heteroatoms. The average Bonchev–Trinajstić information content (AvgIpc) is 2.97. The fourth-order valence-electron chi connectivity index (χ4n) is 2.04. The molecule has 1 aromatic heterocycles. The summed E-state index contributed by atoms with van der Waals surface area (Å²) in [5.74, 6) is 0. The molecule has 0 aliphatic rings. The van der Waals surface area contributed by atoms with Crippen LogP contribution in [-0.4, -0.2) is 17.7 Å². The molecule has 0 fully saturated rings. The van der Waals surface area contributed by atoms with Crippen molar-refractivity contribution in [3.8, 4) is 6.07 Å². The number of thiophene rings is 1. The number of benzene rings is 1. The standard InChI is InChI=1S/C16H18N2OS/c1-12(8-14-6-7-20-11-14)18-10-16(19)15-4-2-13(9-17)3-5-15/h2-7,11-12,16,18-19H,8,10H2,1H3. The molecule has 0 aliphatic carbocycles. The molecule has 0 aliphatic heterocycles. The largest absolute Gasteiger partial charge is 0.387 e. The van der Waals surface area contributed by atoms with Crippen LogP contribution in [0.3, 0.4) is 0 Å². The third-order valence-corrected chi connectivity index (χ3v) is 3.94. The quantitative estimate of drug-likeness (QED) is 0.858. The van der Waals surface area contributed by atoms with E-state index in [9.17, 15) is 5.11 Å². The van der Waals surface area contributed by atoms with E-state index in [1.54, 1.807) is 35.6 Å². The van der Waals surface area contributed by atoms with Gasteiger partial charge in [0.1, 0.15) is 0 Å². The van der Waals surface area contributed by atoms with Crippen molar-refractivity contribution in [3.63, 3.8) is 0 Å². The molecule has 2 unspecified atom stereocenters. The van der Waals surface area contributed by atoms with Crippen LogP contribution in [0.2, 0.25) is 0 Å². The van der Waals surface area contributed by atoms with Gasteiger partial charge in [0.25, 0.3) is 0 Å². The number of aliphatic hydroxyl groups is 1. The highest BCUT2D eigenvalue weighted by atomic mass is 32.1. The molecule has 1 aromatic carbocycles. The SMILES string of the molecule is CC(Cc1ccsc1)NCC(O)c1ccc(C#N)cc1. The van der Waals surface area contributed by atoms with E-state index in [4.69, 9.17) is 5.26 Å². The predicted molar refractivity (Wildman–Crippen MR) is 81.6 cm³/mol. The van der Waals surface area contributed by atoms with Crippen molar-refractivity contribution in [1.29, 1.82) is 5.26 Å². The zero-order chi connectivity index (χ0) is 14.4. The second kappa shape index (κ2) is 7.20. The van der Waals surface area contributed by atoms with Crippen molar-refractivity contribution in [2.24, 2.45) is 0 Å². The van der Waals surface area contributed by atoms with Gasteiger partial charge in [-0.05, 0) is 53.4 Å². The van der Waals surface area contributed by atoms with Gasteiger partial charge in [-0.1, -0.05) is 12.1 Å². The fourth-order valence-corrected chi connectivity index (χ4v) is 2.73. The van der Waals surface area contributed by atoms with Crippen LogP contribution >= 0.6 is 11.3 Å². The molecule has 104 valence electrons. The minimum absolute atomic E-state index is 0.317. The zero-order valence-electron chi connectivity index (χ0n) is 11.4. The summed E-state index contributed by atoms with van der Waals surface area (Å²) in [5.41, 5.74) is 2.77. The maximum absolute atomic E-state index is 10.1. The summed E-state index contributed by atoms with van der Waals surface area (Å²) in [6.45, 7) is 2.63. The van der Waals surface area contributed by atoms with Crippen molar-refractivity contribution >= 4 is 11.3 Å². The van der Waals surface area contributed by atoms with Gasteiger partial charge >= 0.3 is 0 Å². The minimum atomic E-state index is -0.548. The van der Waals surface area contributed by atoms with Gasteiger partial charge in [-0.25, -0.2) is 0 Å². The van der Waals surface area contributed by atoms with Crippen molar-refractivity contribution in [2.75, 3.05) is 6.54 Å². The number of nitrogens with zero attached hydrogens (tertiary/aromatic N) is 1. The summed E-state index contributed by atoms with van der Waals surface area (Å²) in [7, 11) is 0.